The van der Waals surface area contributed by atoms with Crippen molar-refractivity contribution in [3.63, 3.8) is 0 Å². The number of amides is 1. The molecule has 0 spiro atoms. The number of halogens is 1. The lowest BCUT2D eigenvalue weighted by molar-refractivity contribution is 0.0948. The van der Waals surface area contributed by atoms with E-state index in [0.29, 0.717) is 17.9 Å². The molecule has 0 aliphatic rings. The first-order valence-electron chi connectivity index (χ1n) is 6.19. The molecule has 0 radical (unpaired) electrons. The molecule has 20 heavy (non-hydrogen) atoms. The van der Waals surface area contributed by atoms with Gasteiger partial charge in [-0.15, -0.1) is 0 Å². The van der Waals surface area contributed by atoms with Crippen LogP contribution >= 0.6 is 15.9 Å². The maximum atomic E-state index is 12.2. The molecule has 0 bridgehead atoms. The van der Waals surface area contributed by atoms with Crippen LogP contribution in [0.15, 0.2) is 33.2 Å². The smallest absolute Gasteiger partial charge is 0.255 e. The van der Waals surface area contributed by atoms with Crippen molar-refractivity contribution in [2.75, 3.05) is 7.11 Å². The Hall–Kier alpha value is -1.75. The fourth-order valence-electron chi connectivity index (χ4n) is 1.98. The number of carbonyl (C=O) groups is 1. The Bertz CT molecular complexity index is 634. The van der Waals surface area contributed by atoms with Crippen LogP contribution in [0.25, 0.3) is 0 Å². The zero-order chi connectivity index (χ0) is 14.7. The lowest BCUT2D eigenvalue weighted by Crippen LogP contribution is -2.23. The van der Waals surface area contributed by atoms with Crippen molar-refractivity contribution in [3.8, 4) is 5.75 Å². The molecule has 1 heterocycles. The molecular weight excluding hydrogens is 322 g/mol. The molecule has 0 aliphatic heterocycles. The van der Waals surface area contributed by atoms with Gasteiger partial charge in [-0.1, -0.05) is 15.9 Å². The van der Waals surface area contributed by atoms with Crippen molar-refractivity contribution in [1.82, 2.24) is 5.32 Å². The quantitative estimate of drug-likeness (QED) is 0.927. The maximum absolute atomic E-state index is 12.2. The SMILES string of the molecule is COc1cc(Br)ccc1C(=O)NCc1cc(C)oc1C. The summed E-state index contributed by atoms with van der Waals surface area (Å²) < 4.78 is 11.5. The maximum Gasteiger partial charge on any atom is 0.255 e. The van der Waals surface area contributed by atoms with E-state index in [9.17, 15) is 4.79 Å². The van der Waals surface area contributed by atoms with E-state index in [4.69, 9.17) is 9.15 Å². The van der Waals surface area contributed by atoms with E-state index in [-0.39, 0.29) is 5.91 Å². The highest BCUT2D eigenvalue weighted by Crippen LogP contribution is 2.23. The van der Waals surface area contributed by atoms with Gasteiger partial charge >= 0.3 is 0 Å². The van der Waals surface area contributed by atoms with Gasteiger partial charge in [-0.3, -0.25) is 4.79 Å². The zero-order valence-corrected chi connectivity index (χ0v) is 13.2. The summed E-state index contributed by atoms with van der Waals surface area (Å²) in [7, 11) is 1.54. The van der Waals surface area contributed by atoms with Crippen molar-refractivity contribution in [2.24, 2.45) is 0 Å². The molecule has 106 valence electrons. The fourth-order valence-corrected chi connectivity index (χ4v) is 2.32. The van der Waals surface area contributed by atoms with Crippen molar-refractivity contribution < 1.29 is 13.9 Å². The highest BCUT2D eigenvalue weighted by Gasteiger charge is 2.13. The van der Waals surface area contributed by atoms with Gasteiger partial charge in [-0.2, -0.15) is 0 Å². The summed E-state index contributed by atoms with van der Waals surface area (Å²) in [6.45, 7) is 4.20. The number of hydrogen-bond donors (Lipinski definition) is 1. The lowest BCUT2D eigenvalue weighted by Gasteiger charge is -2.09. The van der Waals surface area contributed by atoms with Crippen LogP contribution in [0.3, 0.4) is 0 Å². The van der Waals surface area contributed by atoms with Crippen molar-refractivity contribution in [3.05, 3.63) is 51.4 Å². The molecule has 0 saturated carbocycles. The number of hydrogen-bond acceptors (Lipinski definition) is 3. The minimum Gasteiger partial charge on any atom is -0.496 e. The molecule has 0 fully saturated rings. The van der Waals surface area contributed by atoms with E-state index < -0.39 is 0 Å². The van der Waals surface area contributed by atoms with Gasteiger partial charge in [0.05, 0.1) is 12.7 Å². The summed E-state index contributed by atoms with van der Waals surface area (Å²) in [6.07, 6.45) is 0. The third-order valence-corrected chi connectivity index (χ3v) is 3.48. The Morgan fingerprint density at radius 3 is 2.70 bits per heavy atom. The summed E-state index contributed by atoms with van der Waals surface area (Å²) in [5, 5.41) is 2.87. The Kier molecular flexibility index (Phi) is 4.49. The fraction of sp³-hybridized carbons (Fsp3) is 0.267. The van der Waals surface area contributed by atoms with Gasteiger partial charge < -0.3 is 14.5 Å². The molecule has 4 nitrogen and oxygen atoms in total. The molecule has 5 heteroatoms. The Labute approximate surface area is 126 Å². The number of furan rings is 1. The van der Waals surface area contributed by atoms with Crippen molar-refractivity contribution in [2.45, 2.75) is 20.4 Å². The third kappa shape index (κ3) is 3.22. The number of nitrogens with one attached hydrogen (secondary N) is 1. The second kappa shape index (κ2) is 6.13. The second-order valence-corrected chi connectivity index (χ2v) is 5.38. The predicted molar refractivity (Wildman–Crippen MR) is 80.0 cm³/mol. The van der Waals surface area contributed by atoms with Gasteiger partial charge in [0.1, 0.15) is 17.3 Å². The molecular formula is C15H16BrNO3. The average molecular weight is 338 g/mol. The van der Waals surface area contributed by atoms with Crippen molar-refractivity contribution in [1.29, 1.82) is 0 Å². The normalized spacial score (nSPS) is 10.4. The van der Waals surface area contributed by atoms with Crippen LogP contribution in [0.1, 0.15) is 27.4 Å². The summed E-state index contributed by atoms with van der Waals surface area (Å²) in [5.74, 6) is 2.03. The van der Waals surface area contributed by atoms with Crippen LogP contribution in [0.2, 0.25) is 0 Å². The molecule has 1 amide bonds. The molecule has 1 aromatic carbocycles. The van der Waals surface area contributed by atoms with Gasteiger partial charge in [-0.05, 0) is 38.1 Å². The average Bonchev–Trinajstić information content (AvgIpc) is 2.74. The molecule has 1 aromatic heterocycles. The number of rotatable bonds is 4. The predicted octanol–water partition coefficient (Wildman–Crippen LogP) is 3.60. The van der Waals surface area contributed by atoms with Crippen LogP contribution in [0.5, 0.6) is 5.75 Å². The summed E-state index contributed by atoms with van der Waals surface area (Å²) >= 11 is 3.35. The minimum atomic E-state index is -0.174. The molecule has 1 N–H and O–H groups in total. The molecule has 0 atom stereocenters. The Balaban J connectivity index is 2.11. The van der Waals surface area contributed by atoms with Crippen LogP contribution in [-0.4, -0.2) is 13.0 Å². The molecule has 2 aromatic rings. The van der Waals surface area contributed by atoms with E-state index in [2.05, 4.69) is 21.2 Å². The van der Waals surface area contributed by atoms with Crippen LogP contribution in [-0.2, 0) is 6.54 Å². The highest BCUT2D eigenvalue weighted by atomic mass is 79.9. The van der Waals surface area contributed by atoms with E-state index in [0.717, 1.165) is 21.6 Å². The standard InChI is InChI=1S/C15H16BrNO3/c1-9-6-11(10(2)20-9)8-17-15(18)13-5-4-12(16)7-14(13)19-3/h4-7H,8H2,1-3H3,(H,17,18). The van der Waals surface area contributed by atoms with Crippen molar-refractivity contribution >= 4 is 21.8 Å². The monoisotopic (exact) mass is 337 g/mol. The zero-order valence-electron chi connectivity index (χ0n) is 11.6. The number of aryl methyl sites for hydroxylation is 2. The lowest BCUT2D eigenvalue weighted by atomic mass is 10.1. The first-order chi connectivity index (χ1) is 9.51. The minimum absolute atomic E-state index is 0.174. The first-order valence-corrected chi connectivity index (χ1v) is 6.98. The Morgan fingerprint density at radius 2 is 2.10 bits per heavy atom. The number of methoxy groups -OCH3 is 1. The van der Waals surface area contributed by atoms with Gasteiger partial charge in [0.25, 0.3) is 5.91 Å². The van der Waals surface area contributed by atoms with Gasteiger partial charge in [0, 0.05) is 16.6 Å². The van der Waals surface area contributed by atoms with Gasteiger partial charge in [0.2, 0.25) is 0 Å². The second-order valence-electron chi connectivity index (χ2n) is 4.47. The summed E-state index contributed by atoms with van der Waals surface area (Å²) in [4.78, 5) is 12.2. The summed E-state index contributed by atoms with van der Waals surface area (Å²) in [5.41, 5.74) is 1.49. The van der Waals surface area contributed by atoms with Gasteiger partial charge in [-0.25, -0.2) is 0 Å². The van der Waals surface area contributed by atoms with Crippen LogP contribution < -0.4 is 10.1 Å². The number of benzene rings is 1. The largest absolute Gasteiger partial charge is 0.496 e. The molecule has 0 unspecified atom stereocenters. The third-order valence-electron chi connectivity index (χ3n) is 2.99. The first kappa shape index (κ1) is 14.7. The molecule has 2 rings (SSSR count). The summed E-state index contributed by atoms with van der Waals surface area (Å²) in [6, 6.07) is 7.23. The van der Waals surface area contributed by atoms with Crippen LogP contribution in [0, 0.1) is 13.8 Å². The number of ether oxygens (including phenoxy) is 1. The number of carbonyl (C=O) groups excluding carboxylic acids is 1. The van der Waals surface area contributed by atoms with E-state index in [1.165, 1.54) is 0 Å². The molecule has 0 saturated heterocycles. The van der Waals surface area contributed by atoms with E-state index >= 15 is 0 Å². The Morgan fingerprint density at radius 1 is 1.35 bits per heavy atom. The highest BCUT2D eigenvalue weighted by molar-refractivity contribution is 9.10. The van der Waals surface area contributed by atoms with Crippen LogP contribution in [0.4, 0.5) is 0 Å². The van der Waals surface area contributed by atoms with E-state index in [1.807, 2.05) is 26.0 Å². The topological polar surface area (TPSA) is 51.5 Å². The van der Waals surface area contributed by atoms with E-state index in [1.54, 1.807) is 19.2 Å². The molecule has 0 aliphatic carbocycles. The van der Waals surface area contributed by atoms with Gasteiger partial charge in [0.15, 0.2) is 0 Å².